The molecule has 0 bridgehead atoms. The number of benzene rings is 2. The maximum atomic E-state index is 13.3. The summed E-state index contributed by atoms with van der Waals surface area (Å²) in [5.74, 6) is -0.272. The molecule has 0 aliphatic carbocycles. The molecule has 1 N–H and O–H groups in total. The fraction of sp³-hybridized carbons (Fsp3) is 0.217. The Labute approximate surface area is 193 Å². The summed E-state index contributed by atoms with van der Waals surface area (Å²) < 4.78 is 44.4. The van der Waals surface area contributed by atoms with Crippen molar-refractivity contribution in [1.29, 1.82) is 0 Å². The Hall–Kier alpha value is -3.30. The molecule has 3 heterocycles. The number of hydrogen-bond donors (Lipinski definition) is 1. The van der Waals surface area contributed by atoms with Crippen LogP contribution < -0.4 is 15.7 Å². The van der Waals surface area contributed by atoms with Gasteiger partial charge in [0.25, 0.3) is 0 Å². The van der Waals surface area contributed by atoms with E-state index in [0.29, 0.717) is 11.3 Å². The molecule has 0 spiro atoms. The number of halogens is 4. The van der Waals surface area contributed by atoms with E-state index in [1.807, 2.05) is 30.3 Å². The second-order valence-corrected chi connectivity index (χ2v) is 7.60. The third kappa shape index (κ3) is 4.46. The Morgan fingerprint density at radius 3 is 2.27 bits per heavy atom. The van der Waals surface area contributed by atoms with Gasteiger partial charge in [0.05, 0.1) is 17.2 Å². The van der Waals surface area contributed by atoms with Crippen molar-refractivity contribution >= 4 is 23.6 Å². The minimum absolute atomic E-state index is 0. The minimum atomic E-state index is -4.72. The van der Waals surface area contributed by atoms with Gasteiger partial charge in [0.15, 0.2) is 5.65 Å². The Morgan fingerprint density at radius 1 is 1.00 bits per heavy atom. The summed E-state index contributed by atoms with van der Waals surface area (Å²) >= 11 is 0. The van der Waals surface area contributed by atoms with E-state index in [4.69, 9.17) is 0 Å². The summed E-state index contributed by atoms with van der Waals surface area (Å²) in [5, 5.41) is 3.29. The van der Waals surface area contributed by atoms with Crippen LogP contribution in [-0.2, 0) is 0 Å². The number of imidazole rings is 1. The molecule has 1 saturated heterocycles. The van der Waals surface area contributed by atoms with E-state index in [0.717, 1.165) is 36.2 Å². The average Bonchev–Trinajstić information content (AvgIpc) is 3.39. The van der Waals surface area contributed by atoms with Crippen LogP contribution in [-0.4, -0.2) is 33.6 Å². The van der Waals surface area contributed by atoms with E-state index in [1.165, 1.54) is 12.1 Å². The van der Waals surface area contributed by atoms with Crippen LogP contribution in [0.2, 0.25) is 0 Å². The van der Waals surface area contributed by atoms with Gasteiger partial charge in [0.1, 0.15) is 5.75 Å². The average molecular weight is 477 g/mol. The summed E-state index contributed by atoms with van der Waals surface area (Å²) in [6, 6.07) is 16.7. The largest absolute Gasteiger partial charge is 0.573 e. The second kappa shape index (κ2) is 8.92. The number of pyridine rings is 1. The van der Waals surface area contributed by atoms with Crippen LogP contribution in [0.15, 0.2) is 71.7 Å². The van der Waals surface area contributed by atoms with E-state index < -0.39 is 6.36 Å². The summed E-state index contributed by atoms with van der Waals surface area (Å²) in [7, 11) is 0. The molecule has 0 amide bonds. The molecular weight excluding hydrogens is 457 g/mol. The third-order valence-electron chi connectivity index (χ3n) is 5.58. The molecule has 6 nitrogen and oxygen atoms in total. The predicted octanol–water partition coefficient (Wildman–Crippen LogP) is 4.71. The first-order chi connectivity index (χ1) is 15.4. The fourth-order valence-corrected chi connectivity index (χ4v) is 4.14. The van der Waals surface area contributed by atoms with E-state index in [-0.39, 0.29) is 29.9 Å². The lowest BCUT2D eigenvalue weighted by molar-refractivity contribution is -0.274. The molecule has 4 aromatic rings. The monoisotopic (exact) mass is 476 g/mol. The lowest BCUT2D eigenvalue weighted by atomic mass is 10.1. The number of aromatic nitrogens is 3. The molecule has 2 aromatic carbocycles. The van der Waals surface area contributed by atoms with Crippen molar-refractivity contribution in [2.75, 3.05) is 13.1 Å². The molecule has 172 valence electrons. The minimum Gasteiger partial charge on any atom is -0.406 e. The lowest BCUT2D eigenvalue weighted by Crippen LogP contribution is -2.28. The maximum absolute atomic E-state index is 13.3. The zero-order valence-electron chi connectivity index (χ0n) is 17.2. The number of nitrogens with one attached hydrogen (secondary N) is 1. The molecule has 1 fully saturated rings. The van der Waals surface area contributed by atoms with Crippen LogP contribution in [0.5, 0.6) is 5.75 Å². The van der Waals surface area contributed by atoms with E-state index in [1.54, 1.807) is 33.5 Å². The van der Waals surface area contributed by atoms with Crippen LogP contribution in [0.1, 0.15) is 12.5 Å². The van der Waals surface area contributed by atoms with Crippen molar-refractivity contribution < 1.29 is 17.9 Å². The molecule has 1 atom stereocenters. The topological polar surface area (TPSA) is 61.1 Å². The molecule has 2 aromatic heterocycles. The van der Waals surface area contributed by atoms with Gasteiger partial charge in [0.2, 0.25) is 0 Å². The van der Waals surface area contributed by atoms with Crippen LogP contribution in [0.25, 0.3) is 28.0 Å². The van der Waals surface area contributed by atoms with Crippen molar-refractivity contribution in [3.8, 4) is 22.6 Å². The van der Waals surface area contributed by atoms with E-state index in [2.05, 4.69) is 15.0 Å². The molecule has 5 rings (SSSR count). The normalized spacial score (nSPS) is 16.0. The summed E-state index contributed by atoms with van der Waals surface area (Å²) in [5.41, 5.74) is 3.47. The third-order valence-corrected chi connectivity index (χ3v) is 5.58. The highest BCUT2D eigenvalue weighted by Gasteiger charge is 2.31. The molecular formula is C23H20ClF3N4O2. The number of rotatable bonds is 4. The predicted molar refractivity (Wildman–Crippen MR) is 121 cm³/mol. The van der Waals surface area contributed by atoms with Gasteiger partial charge >= 0.3 is 12.1 Å². The molecule has 1 unspecified atom stereocenters. The lowest BCUT2D eigenvalue weighted by Gasteiger charge is -2.10. The first-order valence-corrected chi connectivity index (χ1v) is 10.2. The Balaban J connectivity index is 0.00000259. The summed E-state index contributed by atoms with van der Waals surface area (Å²) in [6.07, 6.45) is -2.18. The SMILES string of the molecule is Cl.O=c1n(-c2ccc(-c3ccc(OC(F)(F)F)cc3)cc2)c2cccnc2n1C1CCNC1. The zero-order chi connectivity index (χ0) is 22.3. The molecule has 0 radical (unpaired) electrons. The summed E-state index contributed by atoms with van der Waals surface area (Å²) in [6.45, 7) is 1.58. The number of fused-ring (bicyclic) bond motifs is 1. The second-order valence-electron chi connectivity index (χ2n) is 7.60. The number of nitrogens with zero attached hydrogens (tertiary/aromatic N) is 3. The highest BCUT2D eigenvalue weighted by Crippen LogP contribution is 2.28. The van der Waals surface area contributed by atoms with Crippen molar-refractivity contribution in [2.24, 2.45) is 0 Å². The number of ether oxygens (including phenoxy) is 1. The van der Waals surface area contributed by atoms with Gasteiger partial charge < -0.3 is 10.1 Å². The van der Waals surface area contributed by atoms with E-state index in [9.17, 15) is 18.0 Å². The molecule has 10 heteroatoms. The molecule has 33 heavy (non-hydrogen) atoms. The van der Waals surface area contributed by atoms with Gasteiger partial charge in [-0.15, -0.1) is 25.6 Å². The zero-order valence-corrected chi connectivity index (χ0v) is 18.1. The van der Waals surface area contributed by atoms with Crippen LogP contribution in [0, 0.1) is 0 Å². The Morgan fingerprint density at radius 2 is 1.67 bits per heavy atom. The van der Waals surface area contributed by atoms with Crippen LogP contribution in [0.3, 0.4) is 0 Å². The van der Waals surface area contributed by atoms with Gasteiger partial charge in [-0.25, -0.2) is 9.78 Å². The molecule has 1 aliphatic rings. The van der Waals surface area contributed by atoms with Gasteiger partial charge in [0, 0.05) is 12.7 Å². The smallest absolute Gasteiger partial charge is 0.406 e. The van der Waals surface area contributed by atoms with Crippen molar-refractivity contribution in [1.82, 2.24) is 19.4 Å². The van der Waals surface area contributed by atoms with Gasteiger partial charge in [-0.05, 0) is 60.5 Å². The Kier molecular flexibility index (Phi) is 6.18. The number of alkyl halides is 3. The van der Waals surface area contributed by atoms with Crippen molar-refractivity contribution in [2.45, 2.75) is 18.8 Å². The highest BCUT2D eigenvalue weighted by molar-refractivity contribution is 5.85. The quantitative estimate of drug-likeness (QED) is 0.463. The maximum Gasteiger partial charge on any atom is 0.573 e. The van der Waals surface area contributed by atoms with Crippen molar-refractivity contribution in [3.05, 3.63) is 77.3 Å². The summed E-state index contributed by atoms with van der Waals surface area (Å²) in [4.78, 5) is 17.8. The number of hydrogen-bond acceptors (Lipinski definition) is 4. The van der Waals surface area contributed by atoms with Crippen molar-refractivity contribution in [3.63, 3.8) is 0 Å². The fourth-order valence-electron chi connectivity index (χ4n) is 4.14. The van der Waals surface area contributed by atoms with Gasteiger partial charge in [-0.1, -0.05) is 24.3 Å². The standard InChI is InChI=1S/C23H19F3N4O2.ClH/c24-23(25,26)32-19-9-5-16(6-10-19)15-3-7-17(8-4-15)29-20-2-1-12-28-21(20)30(22(29)31)18-11-13-27-14-18;/h1-10,12,18,27H,11,13-14H2;1H. The van der Waals surface area contributed by atoms with Crippen LogP contribution in [0.4, 0.5) is 13.2 Å². The first-order valence-electron chi connectivity index (χ1n) is 10.2. The molecule has 1 aliphatic heterocycles. The Bertz CT molecular complexity index is 1310. The van der Waals surface area contributed by atoms with Gasteiger partial charge in [-0.3, -0.25) is 9.13 Å². The van der Waals surface area contributed by atoms with E-state index >= 15 is 0 Å². The first kappa shape index (κ1) is 22.9. The molecule has 0 saturated carbocycles. The van der Waals surface area contributed by atoms with Crippen LogP contribution >= 0.6 is 12.4 Å². The highest BCUT2D eigenvalue weighted by atomic mass is 35.5. The van der Waals surface area contributed by atoms with Gasteiger partial charge in [-0.2, -0.15) is 0 Å².